The van der Waals surface area contributed by atoms with Crippen LogP contribution in [0.1, 0.15) is 47.2 Å². The Balaban J connectivity index is 1.17. The van der Waals surface area contributed by atoms with Crippen LogP contribution in [0.2, 0.25) is 0 Å². The van der Waals surface area contributed by atoms with Crippen molar-refractivity contribution >= 4 is 0 Å². The van der Waals surface area contributed by atoms with Gasteiger partial charge in [0.2, 0.25) is 0 Å². The SMILES string of the molecule is CC1(C)c2ccccc2-c2c(-c3ccc4c(c3)C(c3ccccc3)(c3ccccc3)c3cc(-c5nc(-c6ccccc6)nc(-c6ccccc6)n5)ccc3-4)cccc21. The lowest BCUT2D eigenvalue weighted by Gasteiger charge is -2.34. The molecule has 3 heteroatoms. The van der Waals surface area contributed by atoms with Crippen molar-refractivity contribution in [3.05, 3.63) is 234 Å². The van der Waals surface area contributed by atoms with E-state index < -0.39 is 5.41 Å². The Morgan fingerprint density at radius 2 is 0.741 bits per heavy atom. The lowest BCUT2D eigenvalue weighted by Crippen LogP contribution is -2.28. The summed E-state index contributed by atoms with van der Waals surface area (Å²) in [5, 5.41) is 0. The summed E-state index contributed by atoms with van der Waals surface area (Å²) in [5.74, 6) is 1.94. The predicted octanol–water partition coefficient (Wildman–Crippen LogP) is 13.2. The van der Waals surface area contributed by atoms with Gasteiger partial charge in [-0.25, -0.2) is 15.0 Å². The zero-order valence-electron chi connectivity index (χ0n) is 32.4. The molecule has 0 bridgehead atoms. The maximum absolute atomic E-state index is 5.16. The minimum atomic E-state index is -0.619. The van der Waals surface area contributed by atoms with Crippen LogP contribution in [0.4, 0.5) is 0 Å². The van der Waals surface area contributed by atoms with Gasteiger partial charge in [0.15, 0.2) is 17.5 Å². The number of fused-ring (bicyclic) bond motifs is 6. The van der Waals surface area contributed by atoms with Crippen molar-refractivity contribution in [2.45, 2.75) is 24.7 Å². The second kappa shape index (κ2) is 13.2. The van der Waals surface area contributed by atoms with Crippen molar-refractivity contribution in [1.82, 2.24) is 15.0 Å². The lowest BCUT2D eigenvalue weighted by atomic mass is 9.67. The molecule has 0 unspecified atom stereocenters. The highest BCUT2D eigenvalue weighted by Gasteiger charge is 2.47. The van der Waals surface area contributed by atoms with Crippen LogP contribution in [-0.2, 0) is 10.8 Å². The summed E-state index contributed by atoms with van der Waals surface area (Å²) in [4.78, 5) is 15.3. The molecular formula is C55H39N3. The first-order chi connectivity index (χ1) is 28.5. The molecule has 0 spiro atoms. The van der Waals surface area contributed by atoms with Gasteiger partial charge in [0, 0.05) is 22.1 Å². The minimum absolute atomic E-state index is 0.0844. The highest BCUT2D eigenvalue weighted by molar-refractivity contribution is 5.95. The predicted molar refractivity (Wildman–Crippen MR) is 236 cm³/mol. The van der Waals surface area contributed by atoms with Crippen LogP contribution in [0.5, 0.6) is 0 Å². The summed E-state index contributed by atoms with van der Waals surface area (Å²) < 4.78 is 0. The van der Waals surface area contributed by atoms with Crippen molar-refractivity contribution in [3.8, 4) is 67.5 Å². The van der Waals surface area contributed by atoms with E-state index in [1.165, 1.54) is 66.8 Å². The van der Waals surface area contributed by atoms with Gasteiger partial charge >= 0.3 is 0 Å². The molecule has 0 N–H and O–H groups in total. The quantitative estimate of drug-likeness (QED) is 0.170. The molecule has 2 aliphatic carbocycles. The smallest absolute Gasteiger partial charge is 0.164 e. The van der Waals surface area contributed by atoms with E-state index in [0.717, 1.165) is 16.7 Å². The van der Waals surface area contributed by atoms with Gasteiger partial charge in [0.1, 0.15) is 0 Å². The first-order valence-corrected chi connectivity index (χ1v) is 20.0. The molecular weight excluding hydrogens is 703 g/mol. The van der Waals surface area contributed by atoms with Crippen LogP contribution in [0, 0.1) is 0 Å². The maximum atomic E-state index is 5.16. The molecule has 2 aliphatic rings. The zero-order valence-corrected chi connectivity index (χ0v) is 32.4. The number of aromatic nitrogens is 3. The maximum Gasteiger partial charge on any atom is 0.164 e. The summed E-state index contributed by atoms with van der Waals surface area (Å²) >= 11 is 0. The fourth-order valence-electron chi connectivity index (χ4n) is 9.73. The third-order valence-electron chi connectivity index (χ3n) is 12.4. The van der Waals surface area contributed by atoms with Gasteiger partial charge in [-0.05, 0) is 78.9 Å². The van der Waals surface area contributed by atoms with Crippen molar-refractivity contribution in [3.63, 3.8) is 0 Å². The molecule has 0 aliphatic heterocycles. The molecule has 3 nitrogen and oxygen atoms in total. The van der Waals surface area contributed by atoms with Crippen molar-refractivity contribution in [2.75, 3.05) is 0 Å². The molecule has 1 heterocycles. The van der Waals surface area contributed by atoms with Crippen LogP contribution in [0.25, 0.3) is 67.5 Å². The second-order valence-corrected chi connectivity index (χ2v) is 15.9. The standard InChI is InChI=1S/C55H39N3/c1-54(2)46-28-16-15-26-45(46)50-42(27-17-29-47(50)54)38-30-32-43-44-33-31-39(53-57-51(36-18-7-3-8-19-36)56-52(58-53)37-20-9-4-10-21-37)35-49(44)55(48(43)34-38,40-22-11-5-12-23-40)41-24-13-6-14-25-41/h3-35H,1-2H3. The van der Waals surface area contributed by atoms with E-state index in [4.69, 9.17) is 15.0 Å². The van der Waals surface area contributed by atoms with E-state index in [9.17, 15) is 0 Å². The highest BCUT2D eigenvalue weighted by Crippen LogP contribution is 2.58. The summed E-state index contributed by atoms with van der Waals surface area (Å²) in [6, 6.07) is 72.2. The Morgan fingerprint density at radius 3 is 1.31 bits per heavy atom. The second-order valence-electron chi connectivity index (χ2n) is 15.9. The normalized spacial score (nSPS) is 14.0. The van der Waals surface area contributed by atoms with E-state index in [2.05, 4.69) is 178 Å². The van der Waals surface area contributed by atoms with Crippen LogP contribution >= 0.6 is 0 Å². The zero-order chi connectivity index (χ0) is 38.8. The van der Waals surface area contributed by atoms with Gasteiger partial charge in [-0.1, -0.05) is 202 Å². The Hall–Kier alpha value is -7.23. The minimum Gasteiger partial charge on any atom is -0.208 e. The molecule has 9 aromatic rings. The topological polar surface area (TPSA) is 38.7 Å². The molecule has 0 saturated heterocycles. The molecule has 0 amide bonds. The van der Waals surface area contributed by atoms with E-state index in [1.807, 2.05) is 36.4 Å². The van der Waals surface area contributed by atoms with E-state index >= 15 is 0 Å². The lowest BCUT2D eigenvalue weighted by molar-refractivity contribution is 0.660. The molecule has 0 saturated carbocycles. The van der Waals surface area contributed by atoms with Crippen molar-refractivity contribution in [2.24, 2.45) is 0 Å². The average Bonchev–Trinajstić information content (AvgIpc) is 3.72. The Morgan fingerprint density at radius 1 is 0.310 bits per heavy atom. The van der Waals surface area contributed by atoms with Crippen LogP contribution in [0.15, 0.2) is 200 Å². The largest absolute Gasteiger partial charge is 0.208 e. The third kappa shape index (κ3) is 5.10. The van der Waals surface area contributed by atoms with Gasteiger partial charge in [-0.15, -0.1) is 0 Å². The van der Waals surface area contributed by atoms with Crippen LogP contribution in [-0.4, -0.2) is 15.0 Å². The summed E-state index contributed by atoms with van der Waals surface area (Å²) in [5.41, 5.74) is 17.4. The summed E-state index contributed by atoms with van der Waals surface area (Å²) in [7, 11) is 0. The van der Waals surface area contributed by atoms with Gasteiger partial charge in [0.25, 0.3) is 0 Å². The number of rotatable bonds is 6. The van der Waals surface area contributed by atoms with Gasteiger partial charge in [-0.3, -0.25) is 0 Å². The fraction of sp³-hybridized carbons (Fsp3) is 0.0727. The molecule has 274 valence electrons. The number of hydrogen-bond donors (Lipinski definition) is 0. The average molecular weight is 742 g/mol. The molecule has 11 rings (SSSR count). The van der Waals surface area contributed by atoms with Crippen LogP contribution in [0.3, 0.4) is 0 Å². The highest BCUT2D eigenvalue weighted by atomic mass is 15.0. The first-order valence-electron chi connectivity index (χ1n) is 20.0. The van der Waals surface area contributed by atoms with Gasteiger partial charge in [0.05, 0.1) is 5.41 Å². The third-order valence-corrected chi connectivity index (χ3v) is 12.4. The summed E-state index contributed by atoms with van der Waals surface area (Å²) in [6.45, 7) is 4.71. The van der Waals surface area contributed by atoms with Gasteiger partial charge < -0.3 is 0 Å². The van der Waals surface area contributed by atoms with Crippen LogP contribution < -0.4 is 0 Å². The molecule has 0 atom stereocenters. The van der Waals surface area contributed by atoms with Crippen molar-refractivity contribution in [1.29, 1.82) is 0 Å². The molecule has 0 radical (unpaired) electrons. The fourth-order valence-corrected chi connectivity index (χ4v) is 9.73. The van der Waals surface area contributed by atoms with Gasteiger partial charge in [-0.2, -0.15) is 0 Å². The molecule has 58 heavy (non-hydrogen) atoms. The van der Waals surface area contributed by atoms with E-state index in [1.54, 1.807) is 0 Å². The first kappa shape index (κ1) is 34.1. The monoisotopic (exact) mass is 741 g/mol. The summed E-state index contributed by atoms with van der Waals surface area (Å²) in [6.07, 6.45) is 0. The molecule has 8 aromatic carbocycles. The van der Waals surface area contributed by atoms with E-state index in [0.29, 0.717) is 17.5 Å². The van der Waals surface area contributed by atoms with Crippen molar-refractivity contribution < 1.29 is 0 Å². The molecule has 1 aromatic heterocycles. The Kier molecular flexibility index (Phi) is 7.74. The Labute approximate surface area is 339 Å². The number of hydrogen-bond acceptors (Lipinski definition) is 3. The number of nitrogens with zero attached hydrogens (tertiary/aromatic N) is 3. The molecule has 0 fully saturated rings. The Bertz CT molecular complexity index is 2910. The number of benzene rings is 8. The van der Waals surface area contributed by atoms with E-state index in [-0.39, 0.29) is 5.41 Å².